The second-order valence-corrected chi connectivity index (χ2v) is 2.67. The molecule has 0 spiro atoms. The number of hydrogen-bond donors (Lipinski definition) is 1. The SMILES string of the molecule is CC(=O)O/N=C/c1ccccc1CO. The third-order valence-electron chi connectivity index (χ3n) is 1.60. The molecule has 1 aromatic carbocycles. The first-order chi connectivity index (χ1) is 6.74. The maximum absolute atomic E-state index is 10.4. The number of benzene rings is 1. The van der Waals surface area contributed by atoms with Crippen LogP contribution in [0.2, 0.25) is 0 Å². The van der Waals surface area contributed by atoms with E-state index in [1.54, 1.807) is 12.1 Å². The highest BCUT2D eigenvalue weighted by Crippen LogP contribution is 2.05. The number of carbonyl (C=O) groups is 1. The minimum absolute atomic E-state index is 0.0672. The van der Waals surface area contributed by atoms with E-state index in [2.05, 4.69) is 9.99 Å². The zero-order valence-corrected chi connectivity index (χ0v) is 7.80. The van der Waals surface area contributed by atoms with Gasteiger partial charge in [-0.1, -0.05) is 29.4 Å². The van der Waals surface area contributed by atoms with E-state index in [9.17, 15) is 4.79 Å². The summed E-state index contributed by atoms with van der Waals surface area (Å²) in [7, 11) is 0. The Labute approximate surface area is 81.8 Å². The molecule has 0 saturated heterocycles. The number of oxime groups is 1. The van der Waals surface area contributed by atoms with Gasteiger partial charge in [-0.15, -0.1) is 0 Å². The molecule has 0 aliphatic heterocycles. The van der Waals surface area contributed by atoms with E-state index in [-0.39, 0.29) is 6.61 Å². The number of nitrogens with zero attached hydrogens (tertiary/aromatic N) is 1. The van der Waals surface area contributed by atoms with Gasteiger partial charge in [0, 0.05) is 12.5 Å². The fourth-order valence-electron chi connectivity index (χ4n) is 0.961. The second kappa shape index (κ2) is 5.14. The average Bonchev–Trinajstić information content (AvgIpc) is 2.18. The highest BCUT2D eigenvalue weighted by atomic mass is 16.7. The van der Waals surface area contributed by atoms with Gasteiger partial charge in [-0.25, -0.2) is 4.79 Å². The fraction of sp³-hybridized carbons (Fsp3) is 0.200. The van der Waals surface area contributed by atoms with Crippen LogP contribution in [0.3, 0.4) is 0 Å². The van der Waals surface area contributed by atoms with Crippen LogP contribution in [-0.4, -0.2) is 17.3 Å². The fourth-order valence-corrected chi connectivity index (χ4v) is 0.961. The van der Waals surface area contributed by atoms with Crippen molar-refractivity contribution >= 4 is 12.2 Å². The summed E-state index contributed by atoms with van der Waals surface area (Å²) in [6, 6.07) is 7.18. The monoisotopic (exact) mass is 193 g/mol. The summed E-state index contributed by atoms with van der Waals surface area (Å²) in [5.74, 6) is -0.470. The summed E-state index contributed by atoms with van der Waals surface area (Å²) >= 11 is 0. The van der Waals surface area contributed by atoms with E-state index >= 15 is 0 Å². The summed E-state index contributed by atoms with van der Waals surface area (Å²) in [6.07, 6.45) is 1.40. The van der Waals surface area contributed by atoms with Gasteiger partial charge >= 0.3 is 5.97 Å². The van der Waals surface area contributed by atoms with Crippen molar-refractivity contribution in [2.24, 2.45) is 5.16 Å². The molecule has 4 nitrogen and oxygen atoms in total. The molecule has 0 aliphatic rings. The summed E-state index contributed by atoms with van der Waals surface area (Å²) in [6.45, 7) is 1.21. The van der Waals surface area contributed by atoms with Crippen molar-refractivity contribution in [1.82, 2.24) is 0 Å². The Morgan fingerprint density at radius 2 is 2.29 bits per heavy atom. The van der Waals surface area contributed by atoms with Crippen molar-refractivity contribution in [2.75, 3.05) is 0 Å². The smallest absolute Gasteiger partial charge is 0.331 e. The van der Waals surface area contributed by atoms with Gasteiger partial charge in [0.25, 0.3) is 0 Å². The lowest BCUT2D eigenvalue weighted by molar-refractivity contribution is -0.140. The lowest BCUT2D eigenvalue weighted by atomic mass is 10.1. The molecule has 0 aliphatic carbocycles. The zero-order valence-electron chi connectivity index (χ0n) is 7.80. The van der Waals surface area contributed by atoms with E-state index in [0.29, 0.717) is 0 Å². The molecule has 0 radical (unpaired) electrons. The molecule has 0 amide bonds. The molecule has 0 bridgehead atoms. The number of hydrogen-bond acceptors (Lipinski definition) is 4. The predicted octanol–water partition coefficient (Wildman–Crippen LogP) is 1.08. The van der Waals surface area contributed by atoms with Crippen molar-refractivity contribution in [3.8, 4) is 0 Å². The Bertz CT molecular complexity index is 347. The third kappa shape index (κ3) is 2.99. The number of rotatable bonds is 3. The van der Waals surface area contributed by atoms with Gasteiger partial charge in [-0.2, -0.15) is 0 Å². The van der Waals surface area contributed by atoms with E-state index < -0.39 is 5.97 Å². The number of aliphatic hydroxyl groups is 1. The Hall–Kier alpha value is -1.68. The molecule has 1 rings (SSSR count). The first-order valence-electron chi connectivity index (χ1n) is 4.13. The number of aliphatic hydroxyl groups excluding tert-OH is 1. The molecule has 4 heteroatoms. The van der Waals surface area contributed by atoms with Gasteiger partial charge in [0.1, 0.15) is 0 Å². The molecular weight excluding hydrogens is 182 g/mol. The summed E-state index contributed by atoms with van der Waals surface area (Å²) in [5, 5.41) is 12.4. The van der Waals surface area contributed by atoms with Crippen LogP contribution in [0, 0.1) is 0 Å². The maximum atomic E-state index is 10.4. The van der Waals surface area contributed by atoms with Crippen LogP contribution in [0.15, 0.2) is 29.4 Å². The van der Waals surface area contributed by atoms with Crippen LogP contribution in [0.5, 0.6) is 0 Å². The summed E-state index contributed by atoms with van der Waals surface area (Å²) in [5.41, 5.74) is 1.47. The van der Waals surface area contributed by atoms with Crippen molar-refractivity contribution < 1.29 is 14.7 Å². The normalized spacial score (nSPS) is 10.4. The van der Waals surface area contributed by atoms with Gasteiger partial charge in [-0.3, -0.25) is 0 Å². The molecule has 0 unspecified atom stereocenters. The van der Waals surface area contributed by atoms with Crippen LogP contribution >= 0.6 is 0 Å². The van der Waals surface area contributed by atoms with Crippen molar-refractivity contribution in [1.29, 1.82) is 0 Å². The Morgan fingerprint density at radius 3 is 2.93 bits per heavy atom. The Balaban J connectivity index is 2.75. The standard InChI is InChI=1S/C10H11NO3/c1-8(13)14-11-6-9-4-2-3-5-10(9)7-12/h2-6,12H,7H2,1H3/b11-6+. The molecule has 0 heterocycles. The van der Waals surface area contributed by atoms with Crippen molar-refractivity contribution in [3.63, 3.8) is 0 Å². The molecule has 0 atom stereocenters. The molecule has 1 aromatic rings. The van der Waals surface area contributed by atoms with Crippen molar-refractivity contribution in [3.05, 3.63) is 35.4 Å². The molecule has 0 saturated carbocycles. The molecule has 1 N–H and O–H groups in total. The molecule has 74 valence electrons. The van der Waals surface area contributed by atoms with Gasteiger partial charge in [-0.05, 0) is 5.56 Å². The van der Waals surface area contributed by atoms with E-state index in [4.69, 9.17) is 5.11 Å². The third-order valence-corrected chi connectivity index (χ3v) is 1.60. The highest BCUT2D eigenvalue weighted by Gasteiger charge is 1.96. The molecule has 0 aromatic heterocycles. The lowest BCUT2D eigenvalue weighted by Gasteiger charge is -1.99. The highest BCUT2D eigenvalue weighted by molar-refractivity contribution is 5.81. The summed E-state index contributed by atoms with van der Waals surface area (Å²) in [4.78, 5) is 14.8. The Morgan fingerprint density at radius 1 is 1.57 bits per heavy atom. The zero-order chi connectivity index (χ0) is 10.4. The van der Waals surface area contributed by atoms with Gasteiger partial charge in [0.15, 0.2) is 0 Å². The van der Waals surface area contributed by atoms with Crippen LogP contribution in [0.1, 0.15) is 18.1 Å². The average molecular weight is 193 g/mol. The minimum Gasteiger partial charge on any atom is -0.392 e. The second-order valence-electron chi connectivity index (χ2n) is 2.67. The predicted molar refractivity (Wildman–Crippen MR) is 51.7 cm³/mol. The van der Waals surface area contributed by atoms with Crippen molar-refractivity contribution in [2.45, 2.75) is 13.5 Å². The van der Waals surface area contributed by atoms with E-state index in [0.717, 1.165) is 11.1 Å². The molecule has 14 heavy (non-hydrogen) atoms. The van der Waals surface area contributed by atoms with Crippen LogP contribution < -0.4 is 0 Å². The largest absolute Gasteiger partial charge is 0.392 e. The minimum atomic E-state index is -0.470. The number of carbonyl (C=O) groups excluding carboxylic acids is 1. The lowest BCUT2D eigenvalue weighted by Crippen LogP contribution is -1.95. The van der Waals surface area contributed by atoms with Crippen LogP contribution in [0.4, 0.5) is 0 Å². The molecular formula is C10H11NO3. The maximum Gasteiger partial charge on any atom is 0.331 e. The van der Waals surface area contributed by atoms with Gasteiger partial charge in [0.05, 0.1) is 12.8 Å². The van der Waals surface area contributed by atoms with Crippen LogP contribution in [0.25, 0.3) is 0 Å². The first-order valence-corrected chi connectivity index (χ1v) is 4.13. The van der Waals surface area contributed by atoms with Gasteiger partial charge in [0.2, 0.25) is 0 Å². The van der Waals surface area contributed by atoms with E-state index in [1.807, 2.05) is 12.1 Å². The molecule has 0 fully saturated rings. The van der Waals surface area contributed by atoms with Gasteiger partial charge < -0.3 is 9.94 Å². The van der Waals surface area contributed by atoms with Crippen LogP contribution in [-0.2, 0) is 16.2 Å². The quantitative estimate of drug-likeness (QED) is 0.444. The summed E-state index contributed by atoms with van der Waals surface area (Å²) < 4.78 is 0. The first kappa shape index (κ1) is 10.4. The Kier molecular flexibility index (Phi) is 3.82. The van der Waals surface area contributed by atoms with E-state index in [1.165, 1.54) is 13.1 Å². The topological polar surface area (TPSA) is 58.9 Å².